The summed E-state index contributed by atoms with van der Waals surface area (Å²) >= 11 is 6.22. The number of nitrogens with zero attached hydrogens (tertiary/aromatic N) is 5. The second-order valence-electron chi connectivity index (χ2n) is 24.1. The van der Waals surface area contributed by atoms with Crippen molar-refractivity contribution in [2.75, 3.05) is 61.7 Å². The van der Waals surface area contributed by atoms with Crippen LogP contribution in [0.25, 0.3) is 16.6 Å². The van der Waals surface area contributed by atoms with Crippen LogP contribution in [0.1, 0.15) is 116 Å². The molecular formula is C63H73ClN11O9S-. The zero-order valence-corrected chi connectivity index (χ0v) is 49.7. The molecule has 2 aliphatic carbocycles. The summed E-state index contributed by atoms with van der Waals surface area (Å²) in [7, 11) is -4.60. The van der Waals surface area contributed by atoms with E-state index in [2.05, 4.69) is 84.7 Å². The molecule has 6 aromatic rings. The molecule has 0 spiro atoms. The molecule has 1 unspecified atom stereocenters. The number of rotatable bonds is 20. The first-order chi connectivity index (χ1) is 40.8. The number of fused-ring (bicyclic) bond motifs is 2. The van der Waals surface area contributed by atoms with Gasteiger partial charge in [-0.1, -0.05) is 55.3 Å². The number of hydrogen-bond donors (Lipinski definition) is 7. The Hall–Kier alpha value is -7.37. The Morgan fingerprint density at radius 3 is 2.52 bits per heavy atom. The van der Waals surface area contributed by atoms with Crippen LogP contribution >= 0.6 is 11.6 Å². The summed E-state index contributed by atoms with van der Waals surface area (Å²) in [5, 5.41) is 36.6. The molecule has 5 aliphatic rings. The number of allylic oxidation sites excluding steroid dienone is 1. The van der Waals surface area contributed by atoms with Crippen molar-refractivity contribution in [3.8, 4) is 11.5 Å². The quantitative estimate of drug-likeness (QED) is 0.0213. The molecule has 3 fully saturated rings. The number of benzene rings is 4. The lowest BCUT2D eigenvalue weighted by atomic mass is 9.72. The molecule has 5 heterocycles. The van der Waals surface area contributed by atoms with Crippen LogP contribution in [0.3, 0.4) is 0 Å². The number of piperidine rings is 1. The molecule has 20 nitrogen and oxygen atoms in total. The lowest BCUT2D eigenvalue weighted by Gasteiger charge is -2.45. The summed E-state index contributed by atoms with van der Waals surface area (Å²) in [4.78, 5) is 65.3. The largest absolute Gasteiger partial charge is 0.733 e. The van der Waals surface area contributed by atoms with Crippen LogP contribution in [0.5, 0.6) is 11.5 Å². The molecule has 3 aliphatic heterocycles. The first-order valence-corrected chi connectivity index (χ1v) is 31.2. The number of pyridine rings is 1. The number of nitrogens with one attached hydrogen (secondary N) is 6. The zero-order valence-electron chi connectivity index (χ0n) is 48.1. The van der Waals surface area contributed by atoms with Gasteiger partial charge in [0.15, 0.2) is 0 Å². The van der Waals surface area contributed by atoms with Gasteiger partial charge in [-0.15, -0.1) is 0 Å². The predicted octanol–water partition coefficient (Wildman–Crippen LogP) is 9.42. The molecule has 4 aromatic carbocycles. The van der Waals surface area contributed by atoms with Crippen LogP contribution in [-0.2, 0) is 32.7 Å². The zero-order chi connectivity index (χ0) is 59.6. The van der Waals surface area contributed by atoms with Crippen LogP contribution in [-0.4, -0.2) is 126 Å². The highest BCUT2D eigenvalue weighted by Crippen LogP contribution is 2.43. The summed E-state index contributed by atoms with van der Waals surface area (Å²) in [6, 6.07) is 26.2. The van der Waals surface area contributed by atoms with Gasteiger partial charge in [0.2, 0.25) is 11.8 Å². The molecule has 7 N–H and O–H groups in total. The molecule has 4 amide bonds. The van der Waals surface area contributed by atoms with E-state index in [1.807, 2.05) is 30.3 Å². The van der Waals surface area contributed by atoms with E-state index in [1.54, 1.807) is 29.3 Å². The van der Waals surface area contributed by atoms with Crippen molar-refractivity contribution in [2.24, 2.45) is 11.3 Å². The number of imide groups is 1. The molecule has 2 aromatic heterocycles. The summed E-state index contributed by atoms with van der Waals surface area (Å²) < 4.78 is 36.3. The number of aromatic amines is 1. The SMILES string of the molecule is C[C@@H]1CN(C2CCC(CNc3ccc(S(=O)(=O)NC(=O)c4ccc(NCCNCC5=C(c6ccc(Cl)cc6)CC(C)(C)CC5)cc4Oc4cnc5[nH]ccc5c4)cc3N([O-])O)CC2)CCN1Cc1ccc2c(c1)CN(C1CCC(=O)NC1=O)C2=O. The fourth-order valence-corrected chi connectivity index (χ4v) is 13.9. The molecule has 0 radical (unpaired) electrons. The van der Waals surface area contributed by atoms with E-state index >= 15 is 0 Å². The Kier molecular flexibility index (Phi) is 17.7. The lowest BCUT2D eigenvalue weighted by molar-refractivity contribution is -0.136. The highest BCUT2D eigenvalue weighted by Gasteiger charge is 2.40. The van der Waals surface area contributed by atoms with Crippen LogP contribution in [0, 0.1) is 16.5 Å². The van der Waals surface area contributed by atoms with Gasteiger partial charge in [0, 0.05) is 111 Å². The normalized spacial score (nSPS) is 21.2. The van der Waals surface area contributed by atoms with Crippen LogP contribution in [0.15, 0.2) is 114 Å². The molecule has 85 heavy (non-hydrogen) atoms. The molecule has 1 saturated carbocycles. The van der Waals surface area contributed by atoms with Gasteiger partial charge in [-0.25, -0.2) is 18.1 Å². The Morgan fingerprint density at radius 1 is 0.929 bits per heavy atom. The second-order valence-corrected chi connectivity index (χ2v) is 26.2. The van der Waals surface area contributed by atoms with Crippen molar-refractivity contribution in [3.05, 3.63) is 147 Å². The van der Waals surface area contributed by atoms with E-state index < -0.39 is 32.8 Å². The van der Waals surface area contributed by atoms with Gasteiger partial charge in [-0.2, -0.15) is 0 Å². The number of aromatic nitrogens is 2. The minimum Gasteiger partial charge on any atom is -0.733 e. The fourth-order valence-electron chi connectivity index (χ4n) is 12.8. The first kappa shape index (κ1) is 59.4. The van der Waals surface area contributed by atoms with E-state index in [4.69, 9.17) is 16.3 Å². The van der Waals surface area contributed by atoms with Gasteiger partial charge in [0.05, 0.1) is 28.0 Å². The number of carbonyl (C=O) groups is 4. The van der Waals surface area contributed by atoms with Crippen molar-refractivity contribution in [1.82, 2.24) is 40.0 Å². The number of halogens is 1. The van der Waals surface area contributed by atoms with E-state index in [9.17, 15) is 38.0 Å². The summed E-state index contributed by atoms with van der Waals surface area (Å²) in [6.07, 6.45) is 10.7. The van der Waals surface area contributed by atoms with Crippen molar-refractivity contribution in [1.29, 1.82) is 0 Å². The number of ether oxygens (including phenoxy) is 1. The minimum atomic E-state index is -4.60. The van der Waals surface area contributed by atoms with E-state index in [1.165, 1.54) is 41.1 Å². The number of amides is 4. The van der Waals surface area contributed by atoms with Gasteiger partial charge in [-0.3, -0.25) is 39.5 Å². The van der Waals surface area contributed by atoms with E-state index in [0.29, 0.717) is 72.4 Å². The highest BCUT2D eigenvalue weighted by molar-refractivity contribution is 7.90. The second kappa shape index (κ2) is 25.3. The van der Waals surface area contributed by atoms with E-state index in [0.717, 1.165) is 100 Å². The van der Waals surface area contributed by atoms with Gasteiger partial charge < -0.3 is 41.0 Å². The van der Waals surface area contributed by atoms with Crippen molar-refractivity contribution < 1.29 is 37.5 Å². The average molecular weight is 1200 g/mol. The standard InChI is InChI=1S/C63H73ClN11O9S/c1-39-36-73(27-26-72(39)37-41-6-15-51-45(28-41)38-74(62(51)79)55-18-19-58(76)70-61(55)78)48-12-4-40(5-13-48)33-68-54-17-14-50(31-56(54)75(80)81)85(82,83)71-60(77)52-16-11-47(30-57(52)84-49-29-43-21-23-67-59(43)69-35-49)66-25-24-65-34-44-20-22-63(2,3)32-53(44)42-7-9-46(64)10-8-42/h6-11,14-17,21,23,28-31,35,39-40,48,55,65-66,68,80H,4-5,12-13,18-20,22,24-27,32-34,36-38H2,1-3H3,(H,67,69)(H,71,77)(H,70,76,78)/q-1/t39-,40?,48?,55?/m1/s1. The molecular weight excluding hydrogens is 1120 g/mol. The average Bonchev–Trinajstić information content (AvgIpc) is 2.61. The summed E-state index contributed by atoms with van der Waals surface area (Å²) in [5.41, 5.74) is 7.87. The van der Waals surface area contributed by atoms with Gasteiger partial charge in [-0.05, 0) is 153 Å². The molecule has 22 heteroatoms. The number of piperazine rings is 1. The van der Waals surface area contributed by atoms with Crippen LogP contribution < -0.4 is 36.0 Å². The summed E-state index contributed by atoms with van der Waals surface area (Å²) in [6.45, 7) is 13.1. The predicted molar refractivity (Wildman–Crippen MR) is 327 cm³/mol. The maximum atomic E-state index is 14.1. The molecule has 2 atom stereocenters. The van der Waals surface area contributed by atoms with Crippen LogP contribution in [0.2, 0.25) is 5.02 Å². The van der Waals surface area contributed by atoms with Crippen molar-refractivity contribution >= 4 is 78.9 Å². The van der Waals surface area contributed by atoms with Gasteiger partial charge in [0.25, 0.3) is 21.8 Å². The van der Waals surface area contributed by atoms with Crippen LogP contribution in [0.4, 0.5) is 17.1 Å². The van der Waals surface area contributed by atoms with Gasteiger partial charge in [0.1, 0.15) is 23.2 Å². The number of hydrogen-bond acceptors (Lipinski definition) is 16. The molecule has 11 rings (SSSR count). The topological polar surface area (TPSA) is 257 Å². The number of H-pyrrole nitrogens is 1. The third-order valence-corrected chi connectivity index (χ3v) is 19.2. The molecule has 2 saturated heterocycles. The Morgan fingerprint density at radius 2 is 1.74 bits per heavy atom. The third-order valence-electron chi connectivity index (χ3n) is 17.6. The Balaban J connectivity index is 0.674. The van der Waals surface area contributed by atoms with Crippen molar-refractivity contribution in [3.63, 3.8) is 0 Å². The minimum absolute atomic E-state index is 0.0731. The number of sulfonamides is 1. The Labute approximate surface area is 500 Å². The van der Waals surface area contributed by atoms with Gasteiger partial charge >= 0.3 is 0 Å². The van der Waals surface area contributed by atoms with E-state index in [-0.39, 0.29) is 57.5 Å². The maximum Gasteiger partial charge on any atom is 0.268 e. The number of carbonyl (C=O) groups excluding carboxylic acids is 4. The summed E-state index contributed by atoms with van der Waals surface area (Å²) in [5.74, 6) is -1.21. The molecule has 0 bridgehead atoms. The van der Waals surface area contributed by atoms with Crippen molar-refractivity contribution in [2.45, 2.75) is 115 Å². The third kappa shape index (κ3) is 13.8. The lowest BCUT2D eigenvalue weighted by Crippen LogP contribution is -2.55. The molecule has 448 valence electrons. The maximum absolute atomic E-state index is 14.1. The highest BCUT2D eigenvalue weighted by atomic mass is 35.5. The number of anilines is 3. The first-order valence-electron chi connectivity index (χ1n) is 29.4. The smallest absolute Gasteiger partial charge is 0.268 e. The Bertz CT molecular complexity index is 3640. The fraction of sp³-hybridized carbons (Fsp3) is 0.413. The monoisotopic (exact) mass is 1190 g/mol.